The lowest BCUT2D eigenvalue weighted by molar-refractivity contribution is 0.165. The molecule has 5 heteroatoms. The number of carbonyl (C=O) groups is 1. The van der Waals surface area contributed by atoms with E-state index in [-0.39, 0.29) is 6.04 Å². The number of hydrogen-bond donors (Lipinski definition) is 1. The first-order chi connectivity index (χ1) is 9.63. The Morgan fingerprint density at radius 3 is 2.65 bits per heavy atom. The van der Waals surface area contributed by atoms with Crippen LogP contribution in [-0.4, -0.2) is 44.8 Å². The Labute approximate surface area is 120 Å². The van der Waals surface area contributed by atoms with E-state index in [4.69, 9.17) is 4.74 Å². The number of para-hydroxylation sites is 1. The van der Waals surface area contributed by atoms with Crippen molar-refractivity contribution in [1.29, 1.82) is 0 Å². The zero-order valence-electron chi connectivity index (χ0n) is 12.7. The first-order valence-electron chi connectivity index (χ1n) is 6.82. The van der Waals surface area contributed by atoms with Crippen molar-refractivity contribution in [2.45, 2.75) is 19.9 Å². The summed E-state index contributed by atoms with van der Waals surface area (Å²) in [5.41, 5.74) is 1.15. The van der Waals surface area contributed by atoms with Crippen LogP contribution in [0.5, 0.6) is 5.75 Å². The Morgan fingerprint density at radius 2 is 2.05 bits per heavy atom. The van der Waals surface area contributed by atoms with E-state index in [2.05, 4.69) is 34.9 Å². The number of nitrogens with zero attached hydrogens (tertiary/aromatic N) is 1. The summed E-state index contributed by atoms with van der Waals surface area (Å²) in [6.45, 7) is 6.44. The number of nitrogens with one attached hydrogen (secondary N) is 1. The second-order valence-corrected chi connectivity index (χ2v) is 4.46. The second-order valence-electron chi connectivity index (χ2n) is 4.46. The number of ether oxygens (including phenoxy) is 2. The van der Waals surface area contributed by atoms with Gasteiger partial charge in [0.1, 0.15) is 5.75 Å². The summed E-state index contributed by atoms with van der Waals surface area (Å²) in [6, 6.07) is 8.22. The van der Waals surface area contributed by atoms with Gasteiger partial charge in [-0.15, -0.1) is 0 Å². The number of rotatable bonds is 7. The largest absolute Gasteiger partial charge is 0.496 e. The van der Waals surface area contributed by atoms with Crippen LogP contribution >= 0.6 is 0 Å². The molecule has 1 aromatic rings. The summed E-state index contributed by atoms with van der Waals surface area (Å²) in [5, 5.41) is 2.70. The zero-order chi connectivity index (χ0) is 15.0. The van der Waals surface area contributed by atoms with Gasteiger partial charge in [0.2, 0.25) is 0 Å². The van der Waals surface area contributed by atoms with Crippen LogP contribution in [-0.2, 0) is 4.74 Å². The van der Waals surface area contributed by atoms with Gasteiger partial charge in [-0.3, -0.25) is 4.90 Å². The highest BCUT2D eigenvalue weighted by atomic mass is 16.5. The van der Waals surface area contributed by atoms with Gasteiger partial charge in [-0.1, -0.05) is 25.1 Å². The molecule has 0 aliphatic carbocycles. The number of amides is 1. The molecule has 0 aliphatic heterocycles. The molecule has 112 valence electrons. The summed E-state index contributed by atoms with van der Waals surface area (Å²) in [6.07, 6.45) is -0.397. The third-order valence-corrected chi connectivity index (χ3v) is 3.40. The molecule has 0 saturated heterocycles. The molecular formula is C15H24N2O3. The normalized spacial score (nSPS) is 12.1. The van der Waals surface area contributed by atoms with E-state index in [0.29, 0.717) is 6.54 Å². The molecule has 0 spiro atoms. The van der Waals surface area contributed by atoms with Gasteiger partial charge in [-0.2, -0.15) is 0 Å². The van der Waals surface area contributed by atoms with Gasteiger partial charge in [-0.25, -0.2) is 4.79 Å². The third-order valence-electron chi connectivity index (χ3n) is 3.40. The third kappa shape index (κ3) is 4.42. The van der Waals surface area contributed by atoms with E-state index in [1.165, 1.54) is 7.11 Å². The lowest BCUT2D eigenvalue weighted by Gasteiger charge is -2.29. The van der Waals surface area contributed by atoms with Crippen molar-refractivity contribution in [3.05, 3.63) is 29.8 Å². The van der Waals surface area contributed by atoms with Gasteiger partial charge in [0.15, 0.2) is 0 Å². The maximum Gasteiger partial charge on any atom is 0.406 e. The van der Waals surface area contributed by atoms with Gasteiger partial charge < -0.3 is 14.8 Å². The lowest BCUT2D eigenvalue weighted by atomic mass is 10.1. The van der Waals surface area contributed by atoms with Crippen molar-refractivity contribution >= 4 is 6.09 Å². The molecule has 0 radical (unpaired) electrons. The first kappa shape index (κ1) is 16.3. The van der Waals surface area contributed by atoms with Gasteiger partial charge >= 0.3 is 6.09 Å². The van der Waals surface area contributed by atoms with Crippen LogP contribution in [0, 0.1) is 0 Å². The minimum Gasteiger partial charge on any atom is -0.496 e. The molecule has 20 heavy (non-hydrogen) atoms. The number of hydrogen-bond acceptors (Lipinski definition) is 4. The van der Waals surface area contributed by atoms with E-state index in [1.807, 2.05) is 18.2 Å². The van der Waals surface area contributed by atoms with Crippen molar-refractivity contribution in [2.75, 3.05) is 33.9 Å². The van der Waals surface area contributed by atoms with E-state index in [9.17, 15) is 4.79 Å². The molecule has 0 aliphatic rings. The molecular weight excluding hydrogens is 256 g/mol. The molecule has 1 atom stereocenters. The van der Waals surface area contributed by atoms with Gasteiger partial charge in [0, 0.05) is 24.7 Å². The number of alkyl carbamates (subject to hydrolysis) is 1. The Morgan fingerprint density at radius 1 is 1.35 bits per heavy atom. The van der Waals surface area contributed by atoms with Gasteiger partial charge in [0.25, 0.3) is 0 Å². The highest BCUT2D eigenvalue weighted by Crippen LogP contribution is 2.28. The van der Waals surface area contributed by atoms with E-state index < -0.39 is 6.09 Å². The Kier molecular flexibility index (Phi) is 6.87. The highest BCUT2D eigenvalue weighted by molar-refractivity contribution is 5.66. The Balaban J connectivity index is 2.66. The van der Waals surface area contributed by atoms with Crippen LogP contribution in [0.3, 0.4) is 0 Å². The smallest absolute Gasteiger partial charge is 0.406 e. The van der Waals surface area contributed by atoms with Crippen molar-refractivity contribution in [2.24, 2.45) is 0 Å². The van der Waals surface area contributed by atoms with Gasteiger partial charge in [-0.05, 0) is 19.5 Å². The second kappa shape index (κ2) is 8.43. The maximum absolute atomic E-state index is 11.1. The average Bonchev–Trinajstić information content (AvgIpc) is 2.50. The minimum atomic E-state index is -0.397. The van der Waals surface area contributed by atoms with E-state index >= 15 is 0 Å². The molecule has 0 heterocycles. The van der Waals surface area contributed by atoms with Crippen molar-refractivity contribution in [3.63, 3.8) is 0 Å². The van der Waals surface area contributed by atoms with Crippen molar-refractivity contribution < 1.29 is 14.3 Å². The van der Waals surface area contributed by atoms with E-state index in [1.54, 1.807) is 7.11 Å². The number of carbonyl (C=O) groups excluding carboxylic acids is 1. The summed E-state index contributed by atoms with van der Waals surface area (Å²) in [7, 11) is 3.05. The number of methoxy groups -OCH3 is 2. The number of benzene rings is 1. The van der Waals surface area contributed by atoms with Crippen molar-refractivity contribution in [1.82, 2.24) is 10.2 Å². The zero-order valence-corrected chi connectivity index (χ0v) is 12.7. The molecule has 1 amide bonds. The van der Waals surface area contributed by atoms with Crippen molar-refractivity contribution in [3.8, 4) is 5.75 Å². The van der Waals surface area contributed by atoms with Crippen LogP contribution in [0.1, 0.15) is 25.5 Å². The van der Waals surface area contributed by atoms with E-state index in [0.717, 1.165) is 24.4 Å². The SMILES string of the molecule is CCN(CCNC(=O)OC)[C@@H](C)c1ccccc1OC. The first-order valence-corrected chi connectivity index (χ1v) is 6.82. The van der Waals surface area contributed by atoms with Gasteiger partial charge in [0.05, 0.1) is 14.2 Å². The van der Waals surface area contributed by atoms with Crippen LogP contribution < -0.4 is 10.1 Å². The van der Waals surface area contributed by atoms with Crippen LogP contribution in [0.15, 0.2) is 24.3 Å². The predicted molar refractivity (Wildman–Crippen MR) is 79.1 cm³/mol. The standard InChI is InChI=1S/C15H24N2O3/c1-5-17(11-10-16-15(18)20-4)12(2)13-8-6-7-9-14(13)19-3/h6-9,12H,5,10-11H2,1-4H3,(H,16,18)/t12-/m0/s1. The molecule has 0 unspecified atom stereocenters. The fraction of sp³-hybridized carbons (Fsp3) is 0.533. The lowest BCUT2D eigenvalue weighted by Crippen LogP contribution is -2.36. The predicted octanol–water partition coefficient (Wildman–Crippen LogP) is 2.43. The fourth-order valence-electron chi connectivity index (χ4n) is 2.21. The average molecular weight is 280 g/mol. The highest BCUT2D eigenvalue weighted by Gasteiger charge is 2.17. The quantitative estimate of drug-likeness (QED) is 0.833. The summed E-state index contributed by atoms with van der Waals surface area (Å²) >= 11 is 0. The topological polar surface area (TPSA) is 50.8 Å². The Bertz CT molecular complexity index is 423. The molecule has 5 nitrogen and oxygen atoms in total. The van der Waals surface area contributed by atoms with Crippen LogP contribution in [0.2, 0.25) is 0 Å². The molecule has 1 aromatic carbocycles. The summed E-state index contributed by atoms with van der Waals surface area (Å²) < 4.78 is 9.96. The fourth-order valence-corrected chi connectivity index (χ4v) is 2.21. The molecule has 0 bridgehead atoms. The van der Waals surface area contributed by atoms with Crippen LogP contribution in [0.4, 0.5) is 4.79 Å². The molecule has 0 aromatic heterocycles. The molecule has 0 saturated carbocycles. The minimum absolute atomic E-state index is 0.218. The monoisotopic (exact) mass is 280 g/mol. The Hall–Kier alpha value is -1.75. The molecule has 1 N–H and O–H groups in total. The molecule has 1 rings (SSSR count). The maximum atomic E-state index is 11.1. The molecule has 0 fully saturated rings. The number of likely N-dealkylation sites (N-methyl/N-ethyl adjacent to an activating group) is 1. The van der Waals surface area contributed by atoms with Crippen LogP contribution in [0.25, 0.3) is 0 Å². The summed E-state index contributed by atoms with van der Waals surface area (Å²) in [5.74, 6) is 0.888. The summed E-state index contributed by atoms with van der Waals surface area (Å²) in [4.78, 5) is 13.3.